The van der Waals surface area contributed by atoms with Crippen LogP contribution in [0.5, 0.6) is 0 Å². The Hall–Kier alpha value is -2.11. The van der Waals surface area contributed by atoms with E-state index in [1.165, 1.54) is 0 Å². The van der Waals surface area contributed by atoms with E-state index < -0.39 is 23.6 Å². The highest BCUT2D eigenvalue weighted by molar-refractivity contribution is 5.85. The van der Waals surface area contributed by atoms with Crippen LogP contribution in [0.1, 0.15) is 39.3 Å². The molecule has 0 aliphatic rings. The van der Waals surface area contributed by atoms with Crippen LogP contribution in [0.25, 0.3) is 0 Å². The maximum absolute atomic E-state index is 11.7. The van der Waals surface area contributed by atoms with Gasteiger partial charge in [-0.15, -0.1) is 0 Å². The minimum Gasteiger partial charge on any atom is -0.444 e. The Balaban J connectivity index is 2.80. The monoisotopic (exact) mass is 279 g/mol. The molecule has 1 heterocycles. The first-order chi connectivity index (χ1) is 9.20. The molecule has 0 fully saturated rings. The van der Waals surface area contributed by atoms with Crippen molar-refractivity contribution < 1.29 is 14.3 Å². The Labute approximate surface area is 118 Å². The van der Waals surface area contributed by atoms with E-state index in [2.05, 4.69) is 10.3 Å². The van der Waals surface area contributed by atoms with E-state index in [1.54, 1.807) is 46.0 Å². The molecule has 2 amide bonds. The fraction of sp³-hybridized carbons (Fsp3) is 0.500. The summed E-state index contributed by atoms with van der Waals surface area (Å²) in [6, 6.07) is 4.48. The third-order valence-electron chi connectivity index (χ3n) is 2.63. The highest BCUT2D eigenvalue weighted by Crippen LogP contribution is 2.17. The van der Waals surface area contributed by atoms with Crippen LogP contribution in [0, 0.1) is 0 Å². The lowest BCUT2D eigenvalue weighted by atomic mass is 9.97. The number of primary amides is 1. The highest BCUT2D eigenvalue weighted by atomic mass is 16.6. The number of pyridine rings is 1. The molecule has 6 nitrogen and oxygen atoms in total. The Morgan fingerprint density at radius 3 is 2.45 bits per heavy atom. The van der Waals surface area contributed by atoms with Gasteiger partial charge in [0.05, 0.1) is 0 Å². The van der Waals surface area contributed by atoms with E-state index >= 15 is 0 Å². The molecule has 3 N–H and O–H groups in total. The molecule has 0 unspecified atom stereocenters. The van der Waals surface area contributed by atoms with Crippen LogP contribution in [0.4, 0.5) is 4.79 Å². The number of rotatable bonds is 4. The largest absolute Gasteiger partial charge is 0.444 e. The third-order valence-corrected chi connectivity index (χ3v) is 2.63. The molecule has 20 heavy (non-hydrogen) atoms. The number of hydrogen-bond donors (Lipinski definition) is 2. The maximum Gasteiger partial charge on any atom is 0.408 e. The summed E-state index contributed by atoms with van der Waals surface area (Å²) in [7, 11) is 0. The fourth-order valence-electron chi connectivity index (χ4n) is 1.69. The quantitative estimate of drug-likeness (QED) is 0.874. The van der Waals surface area contributed by atoms with Gasteiger partial charge in [-0.05, 0) is 32.9 Å². The second-order valence-electron chi connectivity index (χ2n) is 5.57. The number of carbonyl (C=O) groups excluding carboxylic acids is 2. The van der Waals surface area contributed by atoms with Crippen molar-refractivity contribution in [3.8, 4) is 0 Å². The average molecular weight is 279 g/mol. The van der Waals surface area contributed by atoms with E-state index in [1.807, 2.05) is 6.07 Å². The van der Waals surface area contributed by atoms with E-state index in [9.17, 15) is 9.59 Å². The van der Waals surface area contributed by atoms with Crippen LogP contribution in [0.2, 0.25) is 0 Å². The molecule has 1 aromatic rings. The van der Waals surface area contributed by atoms with Crippen LogP contribution in [0.3, 0.4) is 0 Å². The highest BCUT2D eigenvalue weighted by Gasteiger charge is 2.28. The summed E-state index contributed by atoms with van der Waals surface area (Å²) in [5.74, 6) is -0.977. The molecule has 110 valence electrons. The van der Waals surface area contributed by atoms with Crippen molar-refractivity contribution in [2.24, 2.45) is 5.73 Å². The van der Waals surface area contributed by atoms with E-state index in [0.29, 0.717) is 5.69 Å². The van der Waals surface area contributed by atoms with Crippen molar-refractivity contribution in [2.75, 3.05) is 0 Å². The first-order valence-corrected chi connectivity index (χ1v) is 6.40. The number of aromatic nitrogens is 1. The topological polar surface area (TPSA) is 94.3 Å². The molecule has 1 rings (SSSR count). The molecule has 0 radical (unpaired) electrons. The number of nitrogens with one attached hydrogen (secondary N) is 1. The minimum atomic E-state index is -0.875. The van der Waals surface area contributed by atoms with E-state index in [-0.39, 0.29) is 5.92 Å². The number of nitrogens with zero attached hydrogens (tertiary/aromatic N) is 1. The summed E-state index contributed by atoms with van der Waals surface area (Å²) in [5, 5.41) is 2.50. The summed E-state index contributed by atoms with van der Waals surface area (Å²) in [6.45, 7) is 7.01. The van der Waals surface area contributed by atoms with Gasteiger partial charge in [0, 0.05) is 17.8 Å². The van der Waals surface area contributed by atoms with Crippen molar-refractivity contribution in [1.29, 1.82) is 0 Å². The lowest BCUT2D eigenvalue weighted by Crippen LogP contribution is -2.49. The van der Waals surface area contributed by atoms with Gasteiger partial charge in [0.15, 0.2) is 0 Å². The molecule has 0 spiro atoms. The predicted molar refractivity (Wildman–Crippen MR) is 75.0 cm³/mol. The van der Waals surface area contributed by atoms with E-state index in [0.717, 1.165) is 0 Å². The van der Waals surface area contributed by atoms with Crippen LogP contribution >= 0.6 is 0 Å². The number of alkyl carbamates (subject to hydrolysis) is 1. The van der Waals surface area contributed by atoms with Crippen molar-refractivity contribution in [3.63, 3.8) is 0 Å². The summed E-state index contributed by atoms with van der Waals surface area (Å²) >= 11 is 0. The SMILES string of the molecule is C[C@H](c1ccccn1)[C@@H](NC(=O)OC(C)(C)C)C(N)=O. The van der Waals surface area contributed by atoms with Gasteiger partial charge in [-0.1, -0.05) is 13.0 Å². The smallest absolute Gasteiger partial charge is 0.408 e. The number of amides is 2. The zero-order chi connectivity index (χ0) is 15.3. The molecule has 0 bridgehead atoms. The summed E-state index contributed by atoms with van der Waals surface area (Å²) in [5.41, 5.74) is 5.39. The first-order valence-electron chi connectivity index (χ1n) is 6.40. The third kappa shape index (κ3) is 4.87. The van der Waals surface area contributed by atoms with Gasteiger partial charge in [0.2, 0.25) is 5.91 Å². The van der Waals surface area contributed by atoms with Gasteiger partial charge in [-0.2, -0.15) is 0 Å². The molecule has 0 aromatic carbocycles. The lowest BCUT2D eigenvalue weighted by Gasteiger charge is -2.25. The van der Waals surface area contributed by atoms with E-state index in [4.69, 9.17) is 10.5 Å². The van der Waals surface area contributed by atoms with Gasteiger partial charge in [0.1, 0.15) is 11.6 Å². The molecular weight excluding hydrogens is 258 g/mol. The van der Waals surface area contributed by atoms with Crippen molar-refractivity contribution in [1.82, 2.24) is 10.3 Å². The standard InChI is InChI=1S/C14H21N3O3/c1-9(10-7-5-6-8-16-10)11(12(15)18)17-13(19)20-14(2,3)4/h5-9,11H,1-4H3,(H2,15,18)(H,17,19)/t9-,11-/m1/s1. The Bertz CT molecular complexity index is 468. The Morgan fingerprint density at radius 1 is 1.35 bits per heavy atom. The maximum atomic E-state index is 11.7. The zero-order valence-electron chi connectivity index (χ0n) is 12.2. The van der Waals surface area contributed by atoms with Crippen LogP contribution < -0.4 is 11.1 Å². The van der Waals surface area contributed by atoms with Gasteiger partial charge >= 0.3 is 6.09 Å². The average Bonchev–Trinajstić information content (AvgIpc) is 2.34. The summed E-state index contributed by atoms with van der Waals surface area (Å²) in [6.07, 6.45) is 0.946. The van der Waals surface area contributed by atoms with Gasteiger partial charge in [-0.3, -0.25) is 9.78 Å². The predicted octanol–water partition coefficient (Wildman–Crippen LogP) is 1.56. The number of hydrogen-bond acceptors (Lipinski definition) is 4. The number of ether oxygens (including phenoxy) is 1. The molecule has 0 aliphatic heterocycles. The van der Waals surface area contributed by atoms with Crippen LogP contribution in [-0.4, -0.2) is 28.6 Å². The Morgan fingerprint density at radius 2 is 2.00 bits per heavy atom. The number of carbonyl (C=O) groups is 2. The zero-order valence-corrected chi connectivity index (χ0v) is 12.2. The molecule has 0 aliphatic carbocycles. The van der Waals surface area contributed by atoms with Crippen molar-refractivity contribution >= 4 is 12.0 Å². The summed E-state index contributed by atoms with van der Waals surface area (Å²) in [4.78, 5) is 27.5. The molecule has 0 saturated heterocycles. The normalized spacial score (nSPS) is 14.2. The molecule has 1 aromatic heterocycles. The molecule has 6 heteroatoms. The fourth-order valence-corrected chi connectivity index (χ4v) is 1.69. The second-order valence-corrected chi connectivity index (χ2v) is 5.57. The summed E-state index contributed by atoms with van der Waals surface area (Å²) < 4.78 is 5.13. The van der Waals surface area contributed by atoms with Crippen molar-refractivity contribution in [2.45, 2.75) is 45.3 Å². The van der Waals surface area contributed by atoms with Crippen LogP contribution in [0.15, 0.2) is 24.4 Å². The van der Waals surface area contributed by atoms with Crippen LogP contribution in [-0.2, 0) is 9.53 Å². The second kappa shape index (κ2) is 6.36. The molecule has 2 atom stereocenters. The molecular formula is C14H21N3O3. The van der Waals surface area contributed by atoms with Crippen molar-refractivity contribution in [3.05, 3.63) is 30.1 Å². The minimum absolute atomic E-state index is 0.346. The number of nitrogens with two attached hydrogens (primary N) is 1. The Kier molecular flexibility index (Phi) is 5.07. The van der Waals surface area contributed by atoms with Gasteiger partial charge < -0.3 is 15.8 Å². The van der Waals surface area contributed by atoms with Gasteiger partial charge in [0.25, 0.3) is 0 Å². The molecule has 0 saturated carbocycles. The van der Waals surface area contributed by atoms with Gasteiger partial charge in [-0.25, -0.2) is 4.79 Å². The first kappa shape index (κ1) is 15.9. The lowest BCUT2D eigenvalue weighted by molar-refractivity contribution is -0.120.